The summed E-state index contributed by atoms with van der Waals surface area (Å²) < 4.78 is 15.7. The molecule has 2 aromatic rings. The zero-order valence-electron chi connectivity index (χ0n) is 15.9. The van der Waals surface area contributed by atoms with Crippen molar-refractivity contribution in [3.05, 3.63) is 59.7 Å². The van der Waals surface area contributed by atoms with E-state index < -0.39 is 12.1 Å². The Morgan fingerprint density at radius 1 is 1.04 bits per heavy atom. The SMILES string of the molecule is CCOCCOC(=O)[C@H](C)Oc1ccc(C(=O)Nc2ccccc2C)cc1. The summed E-state index contributed by atoms with van der Waals surface area (Å²) in [6, 6.07) is 14.2. The molecule has 0 radical (unpaired) electrons. The second-order valence-corrected chi connectivity index (χ2v) is 5.92. The molecular formula is C21H25NO5. The van der Waals surface area contributed by atoms with Crippen LogP contribution in [0.2, 0.25) is 0 Å². The van der Waals surface area contributed by atoms with Crippen LogP contribution in [0, 0.1) is 6.92 Å². The molecule has 6 heteroatoms. The van der Waals surface area contributed by atoms with E-state index in [-0.39, 0.29) is 12.5 Å². The van der Waals surface area contributed by atoms with Gasteiger partial charge in [0.05, 0.1) is 6.61 Å². The smallest absolute Gasteiger partial charge is 0.347 e. The van der Waals surface area contributed by atoms with Crippen molar-refractivity contribution in [1.29, 1.82) is 0 Å². The van der Waals surface area contributed by atoms with Gasteiger partial charge in [-0.2, -0.15) is 0 Å². The number of amides is 1. The van der Waals surface area contributed by atoms with Gasteiger partial charge in [0.25, 0.3) is 5.91 Å². The predicted octanol–water partition coefficient (Wildman–Crippen LogP) is 3.59. The number of anilines is 1. The molecule has 0 saturated carbocycles. The molecule has 1 atom stereocenters. The first-order chi connectivity index (χ1) is 13.0. The molecule has 0 aliphatic carbocycles. The van der Waals surface area contributed by atoms with Crippen molar-refractivity contribution in [3.63, 3.8) is 0 Å². The van der Waals surface area contributed by atoms with Crippen LogP contribution in [0.3, 0.4) is 0 Å². The van der Waals surface area contributed by atoms with Gasteiger partial charge >= 0.3 is 5.97 Å². The Morgan fingerprint density at radius 2 is 1.74 bits per heavy atom. The highest BCUT2D eigenvalue weighted by molar-refractivity contribution is 6.04. The van der Waals surface area contributed by atoms with Gasteiger partial charge in [-0.15, -0.1) is 0 Å². The van der Waals surface area contributed by atoms with Crippen molar-refractivity contribution >= 4 is 17.6 Å². The molecule has 0 aliphatic heterocycles. The number of hydrogen-bond donors (Lipinski definition) is 1. The Balaban J connectivity index is 1.88. The molecule has 0 aliphatic rings. The Kier molecular flexibility index (Phi) is 7.82. The molecule has 0 aromatic heterocycles. The third kappa shape index (κ3) is 6.42. The van der Waals surface area contributed by atoms with Crippen molar-refractivity contribution in [2.45, 2.75) is 26.9 Å². The number of hydrogen-bond acceptors (Lipinski definition) is 5. The molecule has 0 spiro atoms. The van der Waals surface area contributed by atoms with Crippen LogP contribution in [0.25, 0.3) is 0 Å². The second kappa shape index (κ2) is 10.3. The number of para-hydroxylation sites is 1. The number of rotatable bonds is 9. The molecule has 0 fully saturated rings. The van der Waals surface area contributed by atoms with Crippen molar-refractivity contribution < 1.29 is 23.8 Å². The highest BCUT2D eigenvalue weighted by Crippen LogP contribution is 2.17. The van der Waals surface area contributed by atoms with Crippen LogP contribution in [-0.4, -0.2) is 37.8 Å². The topological polar surface area (TPSA) is 73.9 Å². The minimum atomic E-state index is -0.752. The Bertz CT molecular complexity index is 757. The number of carbonyl (C=O) groups is 2. The summed E-state index contributed by atoms with van der Waals surface area (Å²) in [6.07, 6.45) is -0.752. The van der Waals surface area contributed by atoms with E-state index in [9.17, 15) is 9.59 Å². The van der Waals surface area contributed by atoms with Crippen LogP contribution in [0.5, 0.6) is 5.75 Å². The lowest BCUT2D eigenvalue weighted by Gasteiger charge is -2.14. The van der Waals surface area contributed by atoms with Gasteiger partial charge in [-0.1, -0.05) is 18.2 Å². The molecule has 0 heterocycles. The zero-order chi connectivity index (χ0) is 19.6. The van der Waals surface area contributed by atoms with Gasteiger partial charge in [-0.05, 0) is 56.7 Å². The summed E-state index contributed by atoms with van der Waals surface area (Å²) in [4.78, 5) is 24.2. The zero-order valence-corrected chi connectivity index (χ0v) is 15.9. The Hall–Kier alpha value is -2.86. The molecule has 144 valence electrons. The summed E-state index contributed by atoms with van der Waals surface area (Å²) in [5.41, 5.74) is 2.26. The minimum Gasteiger partial charge on any atom is -0.479 e. The highest BCUT2D eigenvalue weighted by atomic mass is 16.6. The van der Waals surface area contributed by atoms with Crippen LogP contribution in [0.1, 0.15) is 29.8 Å². The number of carbonyl (C=O) groups excluding carboxylic acids is 2. The van der Waals surface area contributed by atoms with E-state index >= 15 is 0 Å². The fourth-order valence-electron chi connectivity index (χ4n) is 2.31. The van der Waals surface area contributed by atoms with Gasteiger partial charge < -0.3 is 19.5 Å². The van der Waals surface area contributed by atoms with E-state index in [0.717, 1.165) is 11.3 Å². The standard InChI is InChI=1S/C21H25NO5/c1-4-25-13-14-26-21(24)16(3)27-18-11-9-17(10-12-18)20(23)22-19-8-6-5-7-15(19)2/h5-12,16H,4,13-14H2,1-3H3,(H,22,23)/t16-/m0/s1. The summed E-state index contributed by atoms with van der Waals surface area (Å²) in [5.74, 6) is -0.188. The Labute approximate surface area is 159 Å². The average molecular weight is 371 g/mol. The molecule has 6 nitrogen and oxygen atoms in total. The first kappa shape index (κ1) is 20.5. The minimum absolute atomic E-state index is 0.193. The fraction of sp³-hybridized carbons (Fsp3) is 0.333. The maximum atomic E-state index is 12.3. The molecular weight excluding hydrogens is 346 g/mol. The molecule has 2 aromatic carbocycles. The van der Waals surface area contributed by atoms with Gasteiger partial charge in [0, 0.05) is 17.9 Å². The third-order valence-electron chi connectivity index (χ3n) is 3.83. The van der Waals surface area contributed by atoms with Crippen molar-refractivity contribution in [3.8, 4) is 5.75 Å². The number of nitrogens with one attached hydrogen (secondary N) is 1. The van der Waals surface area contributed by atoms with E-state index in [0.29, 0.717) is 24.5 Å². The highest BCUT2D eigenvalue weighted by Gasteiger charge is 2.16. The largest absolute Gasteiger partial charge is 0.479 e. The number of ether oxygens (including phenoxy) is 3. The lowest BCUT2D eigenvalue weighted by atomic mass is 10.1. The normalized spacial score (nSPS) is 11.5. The molecule has 1 N–H and O–H groups in total. The maximum absolute atomic E-state index is 12.3. The number of esters is 1. The van der Waals surface area contributed by atoms with E-state index in [4.69, 9.17) is 14.2 Å². The summed E-state index contributed by atoms with van der Waals surface area (Å²) in [5, 5.41) is 2.87. The van der Waals surface area contributed by atoms with Crippen molar-refractivity contribution in [2.24, 2.45) is 0 Å². The third-order valence-corrected chi connectivity index (χ3v) is 3.83. The second-order valence-electron chi connectivity index (χ2n) is 5.92. The van der Waals surface area contributed by atoms with Gasteiger partial charge in [0.2, 0.25) is 0 Å². The van der Waals surface area contributed by atoms with Gasteiger partial charge in [-0.3, -0.25) is 4.79 Å². The molecule has 27 heavy (non-hydrogen) atoms. The monoisotopic (exact) mass is 371 g/mol. The predicted molar refractivity (Wildman–Crippen MR) is 103 cm³/mol. The molecule has 0 saturated heterocycles. The van der Waals surface area contributed by atoms with Gasteiger partial charge in [-0.25, -0.2) is 4.79 Å². The van der Waals surface area contributed by atoms with E-state index in [1.807, 2.05) is 38.1 Å². The van der Waals surface area contributed by atoms with Gasteiger partial charge in [0.1, 0.15) is 12.4 Å². The van der Waals surface area contributed by atoms with Crippen molar-refractivity contribution in [1.82, 2.24) is 0 Å². The van der Waals surface area contributed by atoms with Crippen LogP contribution in [0.4, 0.5) is 5.69 Å². The van der Waals surface area contributed by atoms with Crippen LogP contribution in [0.15, 0.2) is 48.5 Å². The first-order valence-electron chi connectivity index (χ1n) is 8.89. The van der Waals surface area contributed by atoms with E-state index in [1.165, 1.54) is 0 Å². The molecule has 2 rings (SSSR count). The van der Waals surface area contributed by atoms with Crippen LogP contribution >= 0.6 is 0 Å². The van der Waals surface area contributed by atoms with Crippen molar-refractivity contribution in [2.75, 3.05) is 25.1 Å². The Morgan fingerprint density at radius 3 is 2.41 bits per heavy atom. The quantitative estimate of drug-likeness (QED) is 0.539. The lowest BCUT2D eigenvalue weighted by molar-refractivity contribution is -0.152. The molecule has 0 unspecified atom stereocenters. The summed E-state index contributed by atoms with van der Waals surface area (Å²) in [7, 11) is 0. The molecule has 0 bridgehead atoms. The average Bonchev–Trinajstić information content (AvgIpc) is 2.67. The molecule has 1 amide bonds. The van der Waals surface area contributed by atoms with Gasteiger partial charge in [0.15, 0.2) is 6.10 Å². The first-order valence-corrected chi connectivity index (χ1v) is 8.89. The maximum Gasteiger partial charge on any atom is 0.347 e. The summed E-state index contributed by atoms with van der Waals surface area (Å²) in [6.45, 7) is 6.55. The fourth-order valence-corrected chi connectivity index (χ4v) is 2.31. The summed E-state index contributed by atoms with van der Waals surface area (Å²) >= 11 is 0. The van der Waals surface area contributed by atoms with E-state index in [2.05, 4.69) is 5.32 Å². The van der Waals surface area contributed by atoms with Crippen LogP contribution in [-0.2, 0) is 14.3 Å². The van der Waals surface area contributed by atoms with E-state index in [1.54, 1.807) is 31.2 Å². The number of aryl methyl sites for hydroxylation is 1. The van der Waals surface area contributed by atoms with Crippen LogP contribution < -0.4 is 10.1 Å². The number of benzene rings is 2. The lowest BCUT2D eigenvalue weighted by Crippen LogP contribution is -2.27.